The molecule has 0 aliphatic carbocycles. The Balaban J connectivity index is 3.05. The van der Waals surface area contributed by atoms with E-state index in [1.807, 2.05) is 0 Å². The van der Waals surface area contributed by atoms with Gasteiger partial charge in [0.1, 0.15) is 11.3 Å². The van der Waals surface area contributed by atoms with Crippen LogP contribution in [0.4, 0.5) is 0 Å². The van der Waals surface area contributed by atoms with Crippen molar-refractivity contribution in [2.75, 3.05) is 7.11 Å². The number of benzene rings is 1. The molecule has 0 bridgehead atoms. The molecule has 0 aliphatic heterocycles. The van der Waals surface area contributed by atoms with Gasteiger partial charge >= 0.3 is 0 Å². The Morgan fingerprint density at radius 3 is 2.85 bits per heavy atom. The van der Waals surface area contributed by atoms with Crippen molar-refractivity contribution in [3.8, 4) is 5.75 Å². The van der Waals surface area contributed by atoms with Crippen molar-refractivity contribution in [1.82, 2.24) is 5.48 Å². The zero-order valence-corrected chi connectivity index (χ0v) is 7.63. The highest BCUT2D eigenvalue weighted by Crippen LogP contribution is 2.24. The van der Waals surface area contributed by atoms with Crippen LogP contribution in [0.2, 0.25) is 5.02 Å². The van der Waals surface area contributed by atoms with E-state index < -0.39 is 5.91 Å². The minimum absolute atomic E-state index is 0.00557. The molecule has 1 rings (SSSR count). The van der Waals surface area contributed by atoms with Crippen molar-refractivity contribution in [1.29, 1.82) is 0 Å². The van der Waals surface area contributed by atoms with Crippen molar-refractivity contribution in [2.45, 2.75) is 0 Å². The van der Waals surface area contributed by atoms with E-state index in [-0.39, 0.29) is 16.3 Å². The van der Waals surface area contributed by atoms with E-state index in [4.69, 9.17) is 11.6 Å². The highest BCUT2D eigenvalue weighted by molar-refractivity contribution is 6.34. The second kappa shape index (κ2) is 4.11. The first-order chi connectivity index (χ1) is 6.16. The number of halogens is 1. The molecule has 1 aromatic carbocycles. The van der Waals surface area contributed by atoms with Crippen molar-refractivity contribution in [3.63, 3.8) is 0 Å². The topological polar surface area (TPSA) is 58.6 Å². The first-order valence-electron chi connectivity index (χ1n) is 3.47. The Bertz CT molecular complexity index is 307. The van der Waals surface area contributed by atoms with Gasteiger partial charge in [-0.25, -0.2) is 5.48 Å². The molecule has 0 heterocycles. The standard InChI is InChI=1S/C8H8ClNO3/c1-13-10-8(12)7-5(9)3-2-4-6(7)11/h2-4,11H,1H3,(H,10,12). The predicted molar refractivity (Wildman–Crippen MR) is 47.6 cm³/mol. The van der Waals surface area contributed by atoms with Crippen LogP contribution in [-0.2, 0) is 4.84 Å². The number of carbonyl (C=O) groups is 1. The maximum Gasteiger partial charge on any atom is 0.280 e. The average molecular weight is 202 g/mol. The van der Waals surface area contributed by atoms with Crippen molar-refractivity contribution < 1.29 is 14.7 Å². The summed E-state index contributed by atoms with van der Waals surface area (Å²) in [7, 11) is 1.30. The van der Waals surface area contributed by atoms with E-state index in [1.165, 1.54) is 19.2 Å². The van der Waals surface area contributed by atoms with Gasteiger partial charge in [0.05, 0.1) is 12.1 Å². The van der Waals surface area contributed by atoms with Crippen LogP contribution >= 0.6 is 11.6 Å². The molecule has 0 unspecified atom stereocenters. The molecule has 5 heteroatoms. The molecule has 0 aliphatic rings. The molecule has 1 aromatic rings. The lowest BCUT2D eigenvalue weighted by Crippen LogP contribution is -2.22. The fraction of sp³-hybridized carbons (Fsp3) is 0.125. The van der Waals surface area contributed by atoms with Gasteiger partial charge in [-0.2, -0.15) is 0 Å². The number of aromatic hydroxyl groups is 1. The zero-order valence-electron chi connectivity index (χ0n) is 6.87. The smallest absolute Gasteiger partial charge is 0.280 e. The first kappa shape index (κ1) is 9.83. The molecule has 0 atom stereocenters. The number of carbonyl (C=O) groups excluding carboxylic acids is 1. The Hall–Kier alpha value is -1.26. The Morgan fingerprint density at radius 2 is 2.31 bits per heavy atom. The number of phenolic OH excluding ortho intramolecular Hbond substituents is 1. The number of hydrogen-bond acceptors (Lipinski definition) is 3. The monoisotopic (exact) mass is 201 g/mol. The molecule has 13 heavy (non-hydrogen) atoms. The van der Waals surface area contributed by atoms with Crippen LogP contribution in [0.15, 0.2) is 18.2 Å². The summed E-state index contributed by atoms with van der Waals surface area (Å²) in [6.45, 7) is 0. The number of hydrogen-bond donors (Lipinski definition) is 2. The van der Waals surface area contributed by atoms with Crippen LogP contribution in [0.3, 0.4) is 0 Å². The highest BCUT2D eigenvalue weighted by atomic mass is 35.5. The summed E-state index contributed by atoms with van der Waals surface area (Å²) in [5.74, 6) is -0.757. The summed E-state index contributed by atoms with van der Waals surface area (Å²) in [5.41, 5.74) is 2.07. The quantitative estimate of drug-likeness (QED) is 0.710. The highest BCUT2D eigenvalue weighted by Gasteiger charge is 2.14. The summed E-state index contributed by atoms with van der Waals surface area (Å²) in [4.78, 5) is 15.6. The van der Waals surface area contributed by atoms with Crippen molar-refractivity contribution in [3.05, 3.63) is 28.8 Å². The molecule has 0 aromatic heterocycles. The lowest BCUT2D eigenvalue weighted by molar-refractivity contribution is 0.0535. The summed E-state index contributed by atoms with van der Waals surface area (Å²) < 4.78 is 0. The predicted octanol–water partition coefficient (Wildman–Crippen LogP) is 1.34. The van der Waals surface area contributed by atoms with Crippen molar-refractivity contribution >= 4 is 17.5 Å². The van der Waals surface area contributed by atoms with E-state index in [0.717, 1.165) is 0 Å². The Kier molecular flexibility index (Phi) is 3.11. The second-order valence-electron chi connectivity index (χ2n) is 2.27. The van der Waals surface area contributed by atoms with Gasteiger partial charge in [0.2, 0.25) is 0 Å². The molecular weight excluding hydrogens is 194 g/mol. The molecule has 0 fully saturated rings. The van der Waals surface area contributed by atoms with Crippen molar-refractivity contribution in [2.24, 2.45) is 0 Å². The van der Waals surface area contributed by atoms with Gasteiger partial charge in [0.25, 0.3) is 5.91 Å². The largest absolute Gasteiger partial charge is 0.507 e. The molecule has 0 saturated carbocycles. The third kappa shape index (κ3) is 2.11. The number of amides is 1. The van der Waals surface area contributed by atoms with Gasteiger partial charge in [0.15, 0.2) is 0 Å². The first-order valence-corrected chi connectivity index (χ1v) is 3.85. The maximum atomic E-state index is 11.2. The Labute approximate surface area is 80.0 Å². The maximum absolute atomic E-state index is 11.2. The average Bonchev–Trinajstić information content (AvgIpc) is 2.04. The number of hydroxylamine groups is 1. The van der Waals surface area contributed by atoms with Crippen LogP contribution in [0.25, 0.3) is 0 Å². The number of rotatable bonds is 2. The summed E-state index contributed by atoms with van der Waals surface area (Å²) in [5, 5.41) is 9.46. The molecule has 2 N–H and O–H groups in total. The van der Waals surface area contributed by atoms with Crippen LogP contribution in [-0.4, -0.2) is 18.1 Å². The van der Waals surface area contributed by atoms with E-state index in [1.54, 1.807) is 6.07 Å². The van der Waals surface area contributed by atoms with Gasteiger partial charge in [-0.15, -0.1) is 0 Å². The zero-order chi connectivity index (χ0) is 9.84. The molecule has 1 amide bonds. The van der Waals surface area contributed by atoms with E-state index in [2.05, 4.69) is 10.3 Å². The minimum Gasteiger partial charge on any atom is -0.507 e. The summed E-state index contributed by atoms with van der Waals surface area (Å²) in [6.07, 6.45) is 0. The van der Waals surface area contributed by atoms with Crippen LogP contribution in [0.5, 0.6) is 5.75 Å². The third-order valence-corrected chi connectivity index (χ3v) is 1.73. The molecule has 0 spiro atoms. The third-order valence-electron chi connectivity index (χ3n) is 1.41. The lowest BCUT2D eigenvalue weighted by atomic mass is 10.2. The summed E-state index contributed by atoms with van der Waals surface area (Å²) in [6, 6.07) is 4.42. The van der Waals surface area contributed by atoms with Crippen LogP contribution < -0.4 is 5.48 Å². The van der Waals surface area contributed by atoms with Gasteiger partial charge in [-0.1, -0.05) is 17.7 Å². The summed E-state index contributed by atoms with van der Waals surface area (Å²) >= 11 is 5.68. The molecule has 70 valence electrons. The number of phenols is 1. The van der Waals surface area contributed by atoms with Gasteiger partial charge in [0, 0.05) is 0 Å². The van der Waals surface area contributed by atoms with Gasteiger partial charge < -0.3 is 5.11 Å². The molecule has 4 nitrogen and oxygen atoms in total. The number of nitrogens with one attached hydrogen (secondary N) is 1. The van der Waals surface area contributed by atoms with Crippen LogP contribution in [0, 0.1) is 0 Å². The van der Waals surface area contributed by atoms with E-state index in [0.29, 0.717) is 0 Å². The molecular formula is C8H8ClNO3. The second-order valence-corrected chi connectivity index (χ2v) is 2.68. The molecule has 0 saturated heterocycles. The lowest BCUT2D eigenvalue weighted by Gasteiger charge is -2.05. The normalized spacial score (nSPS) is 9.69. The fourth-order valence-electron chi connectivity index (χ4n) is 0.881. The SMILES string of the molecule is CONC(=O)c1c(O)cccc1Cl. The van der Waals surface area contributed by atoms with Crippen LogP contribution in [0.1, 0.15) is 10.4 Å². The molecule has 0 radical (unpaired) electrons. The van der Waals surface area contributed by atoms with Gasteiger partial charge in [-0.05, 0) is 12.1 Å². The van der Waals surface area contributed by atoms with E-state index >= 15 is 0 Å². The fourth-order valence-corrected chi connectivity index (χ4v) is 1.14. The van der Waals surface area contributed by atoms with Gasteiger partial charge in [-0.3, -0.25) is 9.63 Å². The Morgan fingerprint density at radius 1 is 1.62 bits per heavy atom. The van der Waals surface area contributed by atoms with E-state index in [9.17, 15) is 9.90 Å². The minimum atomic E-state index is -0.578.